The molecule has 144 valence electrons. The standard InChI is InChI=1S/C21H26N2O4/c1-21(2,3)27-20(25)22-18-12-9-16(10-13-18)11-14-19(24)23-26-15-17-7-5-4-6-8-17/h4-10,12-13H,11,14-15H2,1-3H3,(H,22,25)(H,23,24). The van der Waals surface area contributed by atoms with Crippen LogP contribution in [0.4, 0.5) is 10.5 Å². The molecule has 6 nitrogen and oxygen atoms in total. The maximum absolute atomic E-state index is 11.8. The van der Waals surface area contributed by atoms with E-state index < -0.39 is 11.7 Å². The van der Waals surface area contributed by atoms with Gasteiger partial charge < -0.3 is 4.74 Å². The predicted molar refractivity (Wildman–Crippen MR) is 104 cm³/mol. The molecule has 0 saturated heterocycles. The van der Waals surface area contributed by atoms with Crippen LogP contribution in [-0.4, -0.2) is 17.6 Å². The van der Waals surface area contributed by atoms with Crippen molar-refractivity contribution in [3.05, 3.63) is 65.7 Å². The van der Waals surface area contributed by atoms with Crippen LogP contribution in [0.1, 0.15) is 38.3 Å². The summed E-state index contributed by atoms with van der Waals surface area (Å²) in [4.78, 5) is 28.8. The Hall–Kier alpha value is -2.86. The van der Waals surface area contributed by atoms with Crippen molar-refractivity contribution in [2.45, 2.75) is 45.8 Å². The molecule has 0 aromatic heterocycles. The molecule has 0 saturated carbocycles. The van der Waals surface area contributed by atoms with Crippen LogP contribution in [0.15, 0.2) is 54.6 Å². The van der Waals surface area contributed by atoms with Gasteiger partial charge in [-0.25, -0.2) is 10.3 Å². The van der Waals surface area contributed by atoms with Crippen LogP contribution in [0.2, 0.25) is 0 Å². The molecule has 0 fully saturated rings. The normalized spacial score (nSPS) is 10.9. The van der Waals surface area contributed by atoms with Gasteiger partial charge in [0.05, 0.1) is 6.61 Å². The van der Waals surface area contributed by atoms with Gasteiger partial charge >= 0.3 is 6.09 Å². The molecule has 2 aromatic rings. The Labute approximate surface area is 159 Å². The van der Waals surface area contributed by atoms with Gasteiger partial charge in [0.2, 0.25) is 5.91 Å². The summed E-state index contributed by atoms with van der Waals surface area (Å²) in [6.45, 7) is 5.76. The van der Waals surface area contributed by atoms with Crippen LogP contribution < -0.4 is 10.8 Å². The summed E-state index contributed by atoms with van der Waals surface area (Å²) in [5.74, 6) is -0.179. The molecule has 0 bridgehead atoms. The minimum absolute atomic E-state index is 0.179. The van der Waals surface area contributed by atoms with E-state index in [0.29, 0.717) is 25.1 Å². The molecule has 2 rings (SSSR count). The van der Waals surface area contributed by atoms with Gasteiger partial charge in [0.1, 0.15) is 5.60 Å². The lowest BCUT2D eigenvalue weighted by Crippen LogP contribution is -2.27. The fourth-order valence-electron chi connectivity index (χ4n) is 2.26. The lowest BCUT2D eigenvalue weighted by Gasteiger charge is -2.19. The molecule has 2 amide bonds. The van der Waals surface area contributed by atoms with Crippen molar-refractivity contribution in [1.82, 2.24) is 5.48 Å². The lowest BCUT2D eigenvalue weighted by molar-refractivity contribution is -0.134. The largest absolute Gasteiger partial charge is 0.444 e. The highest BCUT2D eigenvalue weighted by atomic mass is 16.6. The zero-order chi connectivity index (χ0) is 19.7. The highest BCUT2D eigenvalue weighted by Gasteiger charge is 2.16. The third kappa shape index (κ3) is 8.37. The van der Waals surface area contributed by atoms with Crippen molar-refractivity contribution in [2.24, 2.45) is 0 Å². The van der Waals surface area contributed by atoms with Crippen LogP contribution in [0.5, 0.6) is 0 Å². The molecule has 0 atom stereocenters. The summed E-state index contributed by atoms with van der Waals surface area (Å²) in [5.41, 5.74) is 4.53. The Morgan fingerprint density at radius 1 is 0.926 bits per heavy atom. The minimum Gasteiger partial charge on any atom is -0.444 e. The number of hydrogen-bond donors (Lipinski definition) is 2. The van der Waals surface area contributed by atoms with E-state index >= 15 is 0 Å². The minimum atomic E-state index is -0.542. The summed E-state index contributed by atoms with van der Waals surface area (Å²) < 4.78 is 5.20. The average molecular weight is 370 g/mol. The summed E-state index contributed by atoms with van der Waals surface area (Å²) in [6.07, 6.45) is 0.395. The van der Waals surface area contributed by atoms with Crippen LogP contribution in [0.3, 0.4) is 0 Å². The topological polar surface area (TPSA) is 76.7 Å². The van der Waals surface area contributed by atoms with Gasteiger partial charge in [-0.2, -0.15) is 0 Å². The first-order chi connectivity index (χ1) is 12.8. The van der Waals surface area contributed by atoms with E-state index in [9.17, 15) is 9.59 Å². The van der Waals surface area contributed by atoms with Crippen molar-refractivity contribution in [2.75, 3.05) is 5.32 Å². The van der Waals surface area contributed by atoms with Gasteiger partial charge in [-0.05, 0) is 50.5 Å². The van der Waals surface area contributed by atoms with E-state index in [0.717, 1.165) is 11.1 Å². The Kier molecular flexibility index (Phi) is 7.37. The molecule has 0 heterocycles. The zero-order valence-corrected chi connectivity index (χ0v) is 16.0. The Morgan fingerprint density at radius 3 is 2.22 bits per heavy atom. The lowest BCUT2D eigenvalue weighted by atomic mass is 10.1. The SMILES string of the molecule is CC(C)(C)OC(=O)Nc1ccc(CCC(=O)NOCc2ccccc2)cc1. The van der Waals surface area contributed by atoms with Crippen molar-refractivity contribution >= 4 is 17.7 Å². The molecule has 2 aromatic carbocycles. The predicted octanol–water partition coefficient (Wildman–Crippen LogP) is 4.21. The Morgan fingerprint density at radius 2 is 1.59 bits per heavy atom. The molecular formula is C21H26N2O4. The first kappa shape index (κ1) is 20.5. The van der Waals surface area contributed by atoms with Crippen LogP contribution in [-0.2, 0) is 27.4 Å². The van der Waals surface area contributed by atoms with E-state index in [4.69, 9.17) is 9.57 Å². The summed E-state index contributed by atoms with van der Waals surface area (Å²) >= 11 is 0. The number of ether oxygens (including phenoxy) is 1. The highest BCUT2D eigenvalue weighted by Crippen LogP contribution is 2.14. The maximum atomic E-state index is 11.8. The number of anilines is 1. The number of hydrogen-bond acceptors (Lipinski definition) is 4. The number of amides is 2. The summed E-state index contributed by atoms with van der Waals surface area (Å²) in [5, 5.41) is 2.67. The number of nitrogens with one attached hydrogen (secondary N) is 2. The van der Waals surface area contributed by atoms with E-state index in [2.05, 4.69) is 10.8 Å². The van der Waals surface area contributed by atoms with Crippen molar-refractivity contribution < 1.29 is 19.2 Å². The van der Waals surface area contributed by atoms with Gasteiger partial charge in [0, 0.05) is 12.1 Å². The second-order valence-corrected chi connectivity index (χ2v) is 7.12. The number of carbonyl (C=O) groups excluding carboxylic acids is 2. The molecular weight excluding hydrogens is 344 g/mol. The summed E-state index contributed by atoms with van der Waals surface area (Å²) in [7, 11) is 0. The quantitative estimate of drug-likeness (QED) is 0.716. The van der Waals surface area contributed by atoms with Gasteiger partial charge in [-0.15, -0.1) is 0 Å². The van der Waals surface area contributed by atoms with Crippen molar-refractivity contribution in [3.8, 4) is 0 Å². The number of benzene rings is 2. The monoisotopic (exact) mass is 370 g/mol. The van der Waals surface area contributed by atoms with Crippen LogP contribution >= 0.6 is 0 Å². The molecule has 6 heteroatoms. The van der Waals surface area contributed by atoms with E-state index in [-0.39, 0.29) is 5.91 Å². The van der Waals surface area contributed by atoms with Crippen LogP contribution in [0.25, 0.3) is 0 Å². The second-order valence-electron chi connectivity index (χ2n) is 7.12. The molecule has 27 heavy (non-hydrogen) atoms. The number of hydroxylamine groups is 1. The van der Waals surface area contributed by atoms with Gasteiger partial charge in [0.25, 0.3) is 0 Å². The molecule has 0 radical (unpaired) electrons. The van der Waals surface area contributed by atoms with E-state index in [1.165, 1.54) is 0 Å². The van der Waals surface area contributed by atoms with Crippen molar-refractivity contribution in [1.29, 1.82) is 0 Å². The molecule has 0 spiro atoms. The molecule has 0 aliphatic heterocycles. The van der Waals surface area contributed by atoms with Crippen LogP contribution in [0, 0.1) is 0 Å². The van der Waals surface area contributed by atoms with E-state index in [1.807, 2.05) is 63.2 Å². The number of aryl methyl sites for hydroxylation is 1. The second kappa shape index (κ2) is 9.73. The summed E-state index contributed by atoms with van der Waals surface area (Å²) in [6, 6.07) is 16.9. The first-order valence-electron chi connectivity index (χ1n) is 8.85. The highest BCUT2D eigenvalue weighted by molar-refractivity contribution is 5.84. The number of rotatable bonds is 7. The average Bonchev–Trinajstić information content (AvgIpc) is 2.60. The first-order valence-corrected chi connectivity index (χ1v) is 8.85. The zero-order valence-electron chi connectivity index (χ0n) is 16.0. The third-order valence-corrected chi connectivity index (χ3v) is 3.51. The molecule has 0 aliphatic rings. The van der Waals surface area contributed by atoms with Gasteiger partial charge in [0.15, 0.2) is 0 Å². The third-order valence-electron chi connectivity index (χ3n) is 3.51. The fourth-order valence-corrected chi connectivity index (χ4v) is 2.26. The van der Waals surface area contributed by atoms with E-state index in [1.54, 1.807) is 12.1 Å². The Balaban J connectivity index is 1.69. The molecule has 0 aliphatic carbocycles. The smallest absolute Gasteiger partial charge is 0.412 e. The molecule has 2 N–H and O–H groups in total. The molecule has 0 unspecified atom stereocenters. The van der Waals surface area contributed by atoms with Crippen molar-refractivity contribution in [3.63, 3.8) is 0 Å². The maximum Gasteiger partial charge on any atom is 0.412 e. The van der Waals surface area contributed by atoms with Gasteiger partial charge in [-0.1, -0.05) is 42.5 Å². The fraction of sp³-hybridized carbons (Fsp3) is 0.333. The Bertz CT molecular complexity index is 737. The van der Waals surface area contributed by atoms with Gasteiger partial charge in [-0.3, -0.25) is 14.9 Å². The number of carbonyl (C=O) groups is 2.